The second kappa shape index (κ2) is 8.55. The van der Waals surface area contributed by atoms with Crippen LogP contribution in [-0.4, -0.2) is 50.0 Å². The van der Waals surface area contributed by atoms with Crippen molar-refractivity contribution < 1.29 is 23.9 Å². The number of anilines is 1. The molecule has 2 aliphatic heterocycles. The van der Waals surface area contributed by atoms with Crippen LogP contribution in [0.1, 0.15) is 30.6 Å². The molecule has 0 saturated carbocycles. The summed E-state index contributed by atoms with van der Waals surface area (Å²) in [5, 5.41) is 11.3. The first-order valence-corrected chi connectivity index (χ1v) is 9.00. The number of urea groups is 1. The number of nitrogens with zero attached hydrogens (tertiary/aromatic N) is 2. The summed E-state index contributed by atoms with van der Waals surface area (Å²) in [5.74, 6) is -1.12. The van der Waals surface area contributed by atoms with E-state index >= 15 is 0 Å². The molecule has 148 valence electrons. The van der Waals surface area contributed by atoms with Crippen LogP contribution in [0, 0.1) is 0 Å². The Bertz CT molecular complexity index is 844. The molecule has 0 unspecified atom stereocenters. The van der Waals surface area contributed by atoms with Crippen molar-refractivity contribution in [2.45, 2.75) is 20.3 Å². The molecule has 1 aromatic rings. The number of ether oxygens (including phenoxy) is 2. The largest absolute Gasteiger partial charge is 0.463 e. The van der Waals surface area contributed by atoms with Gasteiger partial charge in [-0.15, -0.1) is 0 Å². The first kappa shape index (κ1) is 19.4. The van der Waals surface area contributed by atoms with Crippen LogP contribution in [0.15, 0.2) is 40.6 Å². The van der Waals surface area contributed by atoms with E-state index in [1.807, 2.05) is 11.9 Å². The van der Waals surface area contributed by atoms with Crippen LogP contribution in [0.4, 0.5) is 10.5 Å². The molecule has 2 N–H and O–H groups in total. The van der Waals surface area contributed by atoms with Gasteiger partial charge in [-0.3, -0.25) is 5.01 Å². The topological polar surface area (TPSA) is 109 Å². The zero-order chi connectivity index (χ0) is 20.1. The Morgan fingerprint density at radius 2 is 1.93 bits per heavy atom. The summed E-state index contributed by atoms with van der Waals surface area (Å²) >= 11 is 0. The number of amides is 2. The fourth-order valence-corrected chi connectivity index (χ4v) is 2.82. The molecular weight excluding hydrogens is 364 g/mol. The molecule has 2 amide bonds. The number of hydrogen-bond donors (Lipinski definition) is 2. The Morgan fingerprint density at radius 1 is 1.18 bits per heavy atom. The van der Waals surface area contributed by atoms with E-state index < -0.39 is 18.0 Å². The lowest BCUT2D eigenvalue weighted by molar-refractivity contribution is -0.138. The van der Waals surface area contributed by atoms with Crippen molar-refractivity contribution in [3.05, 3.63) is 41.1 Å². The number of carbonyl (C=O) groups excluding carboxylic acids is 3. The van der Waals surface area contributed by atoms with Crippen molar-refractivity contribution in [3.8, 4) is 0 Å². The Hall–Kier alpha value is -3.36. The smallest absolute Gasteiger partial charge is 0.338 e. The molecule has 0 fully saturated rings. The zero-order valence-electron chi connectivity index (χ0n) is 15.8. The highest BCUT2D eigenvalue weighted by Crippen LogP contribution is 2.20. The maximum atomic E-state index is 12.3. The molecule has 2 aliphatic rings. The van der Waals surface area contributed by atoms with Crippen molar-refractivity contribution in [3.63, 3.8) is 0 Å². The third kappa shape index (κ3) is 4.48. The number of carbonyl (C=O) groups is 3. The normalized spacial score (nSPS) is 16.3. The molecule has 28 heavy (non-hydrogen) atoms. The molecule has 0 spiro atoms. The third-order valence-electron chi connectivity index (χ3n) is 4.30. The first-order valence-electron chi connectivity index (χ1n) is 9.00. The molecule has 0 atom stereocenters. The highest BCUT2D eigenvalue weighted by Gasteiger charge is 2.24. The zero-order valence-corrected chi connectivity index (χ0v) is 15.8. The fourth-order valence-electron chi connectivity index (χ4n) is 2.82. The SMILES string of the molecule is CCOC(=O)C1=C(COC(=O)c2ccc(N3CCC(C)=N3)cc2)NC(=O)NC1. The van der Waals surface area contributed by atoms with Crippen LogP contribution in [-0.2, 0) is 14.3 Å². The van der Waals surface area contributed by atoms with E-state index in [-0.39, 0.29) is 31.0 Å². The lowest BCUT2D eigenvalue weighted by atomic mass is 10.1. The Morgan fingerprint density at radius 3 is 2.57 bits per heavy atom. The second-order valence-electron chi connectivity index (χ2n) is 6.32. The molecule has 0 bridgehead atoms. The summed E-state index contributed by atoms with van der Waals surface area (Å²) in [6, 6.07) is 6.44. The molecule has 3 rings (SSSR count). The van der Waals surface area contributed by atoms with Crippen molar-refractivity contribution in [2.75, 3.05) is 31.3 Å². The van der Waals surface area contributed by atoms with Crippen LogP contribution in [0.25, 0.3) is 0 Å². The van der Waals surface area contributed by atoms with E-state index in [2.05, 4.69) is 15.7 Å². The summed E-state index contributed by atoms with van der Waals surface area (Å²) in [5.41, 5.74) is 2.77. The monoisotopic (exact) mass is 386 g/mol. The Balaban J connectivity index is 1.65. The van der Waals surface area contributed by atoms with Gasteiger partial charge in [0.2, 0.25) is 0 Å². The van der Waals surface area contributed by atoms with Gasteiger partial charge < -0.3 is 20.1 Å². The van der Waals surface area contributed by atoms with Crippen LogP contribution in [0.2, 0.25) is 0 Å². The number of nitrogens with one attached hydrogen (secondary N) is 2. The minimum Gasteiger partial charge on any atom is -0.463 e. The van der Waals surface area contributed by atoms with Gasteiger partial charge in [-0.05, 0) is 38.1 Å². The minimum atomic E-state index is -0.563. The summed E-state index contributed by atoms with van der Waals surface area (Å²) in [6.45, 7) is 4.46. The predicted octanol–water partition coefficient (Wildman–Crippen LogP) is 1.56. The number of rotatable bonds is 6. The maximum absolute atomic E-state index is 12.3. The van der Waals surface area contributed by atoms with E-state index in [9.17, 15) is 14.4 Å². The average molecular weight is 386 g/mol. The minimum absolute atomic E-state index is 0.0159. The van der Waals surface area contributed by atoms with E-state index in [0.717, 1.165) is 24.4 Å². The van der Waals surface area contributed by atoms with Gasteiger partial charge in [0, 0.05) is 18.7 Å². The molecule has 0 saturated heterocycles. The maximum Gasteiger partial charge on any atom is 0.338 e. The van der Waals surface area contributed by atoms with Crippen molar-refractivity contribution in [2.24, 2.45) is 5.10 Å². The van der Waals surface area contributed by atoms with Gasteiger partial charge in [-0.2, -0.15) is 5.10 Å². The molecule has 1 aromatic carbocycles. The number of hydrogen-bond acceptors (Lipinski definition) is 7. The third-order valence-corrected chi connectivity index (χ3v) is 4.30. The quantitative estimate of drug-likeness (QED) is 0.718. The molecular formula is C19H22N4O5. The molecule has 9 heteroatoms. The van der Waals surface area contributed by atoms with Crippen molar-refractivity contribution in [1.29, 1.82) is 0 Å². The Kier molecular flexibility index (Phi) is 5.93. The van der Waals surface area contributed by atoms with Gasteiger partial charge >= 0.3 is 18.0 Å². The van der Waals surface area contributed by atoms with Crippen LogP contribution >= 0.6 is 0 Å². The lowest BCUT2D eigenvalue weighted by Gasteiger charge is -2.21. The molecule has 2 heterocycles. The van der Waals surface area contributed by atoms with Gasteiger partial charge in [-0.1, -0.05) is 0 Å². The number of hydrazone groups is 1. The second-order valence-corrected chi connectivity index (χ2v) is 6.32. The fraction of sp³-hybridized carbons (Fsp3) is 0.368. The van der Waals surface area contributed by atoms with Crippen LogP contribution in [0.5, 0.6) is 0 Å². The van der Waals surface area contributed by atoms with Gasteiger partial charge in [0.25, 0.3) is 0 Å². The molecule has 0 aromatic heterocycles. The van der Waals surface area contributed by atoms with E-state index in [0.29, 0.717) is 5.56 Å². The van der Waals surface area contributed by atoms with Gasteiger partial charge in [0.15, 0.2) is 0 Å². The predicted molar refractivity (Wildman–Crippen MR) is 102 cm³/mol. The standard InChI is InChI=1S/C19H22N4O5/c1-3-27-18(25)15-10-20-19(26)21-16(15)11-28-17(24)13-4-6-14(7-5-13)23-9-8-12(2)22-23/h4-7H,3,8-11H2,1-2H3,(H2,20,21,26). The molecule has 9 nitrogen and oxygen atoms in total. The van der Waals surface area contributed by atoms with E-state index in [4.69, 9.17) is 9.47 Å². The van der Waals surface area contributed by atoms with Crippen molar-refractivity contribution in [1.82, 2.24) is 10.6 Å². The number of benzene rings is 1. The average Bonchev–Trinajstić information content (AvgIpc) is 3.13. The van der Waals surface area contributed by atoms with E-state index in [1.165, 1.54) is 0 Å². The number of esters is 2. The van der Waals surface area contributed by atoms with Gasteiger partial charge in [-0.25, -0.2) is 14.4 Å². The lowest BCUT2D eigenvalue weighted by Crippen LogP contribution is -2.45. The van der Waals surface area contributed by atoms with Crippen LogP contribution < -0.4 is 15.6 Å². The van der Waals surface area contributed by atoms with Gasteiger partial charge in [0.05, 0.1) is 35.7 Å². The molecule has 0 aliphatic carbocycles. The summed E-state index contributed by atoms with van der Waals surface area (Å²) < 4.78 is 10.2. The first-order chi connectivity index (χ1) is 13.5. The highest BCUT2D eigenvalue weighted by molar-refractivity contribution is 5.94. The van der Waals surface area contributed by atoms with Gasteiger partial charge in [0.1, 0.15) is 6.61 Å². The highest BCUT2D eigenvalue weighted by atomic mass is 16.5. The summed E-state index contributed by atoms with van der Waals surface area (Å²) in [7, 11) is 0. The van der Waals surface area contributed by atoms with Crippen LogP contribution in [0.3, 0.4) is 0 Å². The summed E-state index contributed by atoms with van der Waals surface area (Å²) in [6.07, 6.45) is 0.919. The van der Waals surface area contributed by atoms with Crippen molar-refractivity contribution >= 4 is 29.4 Å². The molecule has 0 radical (unpaired) electrons. The Labute approximate surface area is 162 Å². The summed E-state index contributed by atoms with van der Waals surface area (Å²) in [4.78, 5) is 35.9. The van der Waals surface area contributed by atoms with E-state index in [1.54, 1.807) is 31.2 Å².